The van der Waals surface area contributed by atoms with Crippen LogP contribution in [0.1, 0.15) is 30.0 Å². The lowest BCUT2D eigenvalue weighted by Gasteiger charge is -2.37. The molecule has 2 aromatic rings. The van der Waals surface area contributed by atoms with Gasteiger partial charge in [-0.2, -0.15) is 5.26 Å². The molecule has 0 unspecified atom stereocenters. The van der Waals surface area contributed by atoms with Gasteiger partial charge in [0.25, 0.3) is 0 Å². The number of halogens is 3. The molecule has 14 heteroatoms. The molecule has 2 aliphatic heterocycles. The lowest BCUT2D eigenvalue weighted by molar-refractivity contribution is -0.137. The maximum Gasteiger partial charge on any atom is 0.338 e. The van der Waals surface area contributed by atoms with Crippen molar-refractivity contribution in [2.24, 2.45) is 0 Å². The summed E-state index contributed by atoms with van der Waals surface area (Å²) in [6, 6.07) is 5.85. The second kappa shape index (κ2) is 14.0. The highest BCUT2D eigenvalue weighted by Gasteiger charge is 2.43. The van der Waals surface area contributed by atoms with Gasteiger partial charge in [0.2, 0.25) is 0 Å². The van der Waals surface area contributed by atoms with Crippen LogP contribution in [0.5, 0.6) is 0 Å². The number of benzene rings is 2. The SMILES string of the molecule is COCC1=C(C(=O)OC)[C@H](c2ccc(F)c(F)c2)N(C(=O)NCCNC2CCN(c3cc(F)ccc3C#N)CC2)C(=O)N1. The molecular formula is C29H31F3N6O5. The number of rotatable bonds is 9. The fourth-order valence-corrected chi connectivity index (χ4v) is 5.20. The highest BCUT2D eigenvalue weighted by molar-refractivity contribution is 6.01. The van der Waals surface area contributed by atoms with Crippen molar-refractivity contribution >= 4 is 23.7 Å². The van der Waals surface area contributed by atoms with E-state index in [4.69, 9.17) is 9.47 Å². The summed E-state index contributed by atoms with van der Waals surface area (Å²) >= 11 is 0. The van der Waals surface area contributed by atoms with E-state index in [0.717, 1.165) is 19.2 Å². The summed E-state index contributed by atoms with van der Waals surface area (Å²) in [5, 5.41) is 17.8. The Morgan fingerprint density at radius 2 is 1.81 bits per heavy atom. The molecule has 0 aromatic heterocycles. The molecule has 2 heterocycles. The number of nitriles is 1. The van der Waals surface area contributed by atoms with Gasteiger partial charge in [-0.3, -0.25) is 0 Å². The highest BCUT2D eigenvalue weighted by atomic mass is 19.2. The molecule has 3 N–H and O–H groups in total. The molecule has 2 aliphatic rings. The van der Waals surface area contributed by atoms with E-state index in [1.165, 1.54) is 31.4 Å². The number of hydrogen-bond donors (Lipinski definition) is 3. The number of hydrogen-bond acceptors (Lipinski definition) is 8. The molecule has 1 atom stereocenters. The molecule has 2 aromatic carbocycles. The lowest BCUT2D eigenvalue weighted by Crippen LogP contribution is -2.56. The van der Waals surface area contributed by atoms with Crippen LogP contribution in [0.25, 0.3) is 0 Å². The number of piperidine rings is 1. The van der Waals surface area contributed by atoms with Gasteiger partial charge in [0.15, 0.2) is 11.6 Å². The number of imide groups is 1. The van der Waals surface area contributed by atoms with Crippen LogP contribution in [0.2, 0.25) is 0 Å². The first-order valence-corrected chi connectivity index (χ1v) is 13.5. The zero-order chi connectivity index (χ0) is 31.1. The van der Waals surface area contributed by atoms with Crippen LogP contribution in [0.4, 0.5) is 28.4 Å². The number of amides is 4. The third kappa shape index (κ3) is 7.07. The van der Waals surface area contributed by atoms with E-state index in [1.807, 2.05) is 4.90 Å². The van der Waals surface area contributed by atoms with Crippen LogP contribution in [0.15, 0.2) is 47.7 Å². The molecule has 0 aliphatic carbocycles. The largest absolute Gasteiger partial charge is 0.466 e. The van der Waals surface area contributed by atoms with Crippen molar-refractivity contribution in [3.05, 3.63) is 76.2 Å². The van der Waals surface area contributed by atoms with Crippen molar-refractivity contribution in [1.29, 1.82) is 5.26 Å². The fraction of sp³-hybridized carbons (Fsp3) is 0.379. The van der Waals surface area contributed by atoms with Crippen LogP contribution >= 0.6 is 0 Å². The molecular weight excluding hydrogens is 569 g/mol. The predicted octanol–water partition coefficient (Wildman–Crippen LogP) is 3.08. The van der Waals surface area contributed by atoms with Gasteiger partial charge in [-0.15, -0.1) is 0 Å². The Morgan fingerprint density at radius 1 is 1.07 bits per heavy atom. The van der Waals surface area contributed by atoms with E-state index >= 15 is 0 Å². The first-order valence-electron chi connectivity index (χ1n) is 13.5. The van der Waals surface area contributed by atoms with Crippen LogP contribution in [-0.2, 0) is 14.3 Å². The van der Waals surface area contributed by atoms with Crippen LogP contribution in [0, 0.1) is 28.8 Å². The maximum absolute atomic E-state index is 14.2. The van der Waals surface area contributed by atoms with Gasteiger partial charge in [-0.1, -0.05) is 6.07 Å². The molecule has 0 spiro atoms. The maximum atomic E-state index is 14.2. The smallest absolute Gasteiger partial charge is 0.338 e. The predicted molar refractivity (Wildman–Crippen MR) is 148 cm³/mol. The zero-order valence-electron chi connectivity index (χ0n) is 23.6. The average Bonchev–Trinajstić information content (AvgIpc) is 3.00. The number of ether oxygens (including phenoxy) is 2. The van der Waals surface area contributed by atoms with Crippen LogP contribution in [0.3, 0.4) is 0 Å². The number of urea groups is 2. The minimum atomic E-state index is -1.43. The van der Waals surface area contributed by atoms with Crippen molar-refractivity contribution < 1.29 is 37.0 Å². The summed E-state index contributed by atoms with van der Waals surface area (Å²) in [6.07, 6.45) is 1.41. The minimum Gasteiger partial charge on any atom is -0.466 e. The topological polar surface area (TPSA) is 136 Å². The Kier molecular flexibility index (Phi) is 10.2. The van der Waals surface area contributed by atoms with Crippen LogP contribution in [-0.4, -0.2) is 76.0 Å². The van der Waals surface area contributed by atoms with E-state index in [9.17, 15) is 32.8 Å². The molecule has 228 valence electrons. The number of nitrogens with zero attached hydrogens (tertiary/aromatic N) is 3. The summed E-state index contributed by atoms with van der Waals surface area (Å²) in [5.74, 6) is -3.67. The first kappa shape index (κ1) is 31.3. The van der Waals surface area contributed by atoms with Gasteiger partial charge in [0.1, 0.15) is 17.9 Å². The third-order valence-corrected chi connectivity index (χ3v) is 7.26. The summed E-state index contributed by atoms with van der Waals surface area (Å²) in [5.41, 5.74) is 0.774. The van der Waals surface area contributed by atoms with Gasteiger partial charge in [0.05, 0.1) is 36.2 Å². The van der Waals surface area contributed by atoms with Crippen molar-refractivity contribution in [1.82, 2.24) is 20.9 Å². The molecule has 11 nitrogen and oxygen atoms in total. The number of anilines is 1. The Morgan fingerprint density at radius 3 is 2.47 bits per heavy atom. The molecule has 4 amide bonds. The van der Waals surface area contributed by atoms with Gasteiger partial charge >= 0.3 is 18.0 Å². The van der Waals surface area contributed by atoms with Gasteiger partial charge in [0, 0.05) is 39.3 Å². The summed E-state index contributed by atoms with van der Waals surface area (Å²) in [7, 11) is 2.45. The van der Waals surface area contributed by atoms with Crippen molar-refractivity contribution in [2.75, 3.05) is 51.9 Å². The molecule has 1 fully saturated rings. The Hall–Kier alpha value is -4.61. The Labute approximate surface area is 246 Å². The molecule has 43 heavy (non-hydrogen) atoms. The molecule has 0 saturated carbocycles. The minimum absolute atomic E-state index is 0.0197. The fourth-order valence-electron chi connectivity index (χ4n) is 5.20. The molecule has 0 bridgehead atoms. The number of carbonyl (C=O) groups excluding carboxylic acids is 3. The number of esters is 1. The summed E-state index contributed by atoms with van der Waals surface area (Å²) in [6.45, 7) is 1.40. The van der Waals surface area contributed by atoms with Crippen molar-refractivity contribution in [2.45, 2.75) is 24.9 Å². The quantitative estimate of drug-likeness (QED) is 0.295. The average molecular weight is 601 g/mol. The second-order valence-electron chi connectivity index (χ2n) is 9.91. The van der Waals surface area contributed by atoms with Gasteiger partial charge in [-0.05, 0) is 48.7 Å². The molecule has 0 radical (unpaired) electrons. The summed E-state index contributed by atoms with van der Waals surface area (Å²) < 4.78 is 51.7. The normalized spacial score (nSPS) is 17.4. The van der Waals surface area contributed by atoms with Gasteiger partial charge < -0.3 is 30.3 Å². The number of carbonyl (C=O) groups is 3. The summed E-state index contributed by atoms with van der Waals surface area (Å²) in [4.78, 5) is 41.9. The van der Waals surface area contributed by atoms with Crippen molar-refractivity contribution in [3.8, 4) is 6.07 Å². The first-order chi connectivity index (χ1) is 20.7. The van der Waals surface area contributed by atoms with Crippen molar-refractivity contribution in [3.63, 3.8) is 0 Å². The van der Waals surface area contributed by atoms with E-state index in [1.54, 1.807) is 0 Å². The number of nitrogens with one attached hydrogen (secondary N) is 3. The van der Waals surface area contributed by atoms with E-state index in [-0.39, 0.29) is 36.0 Å². The second-order valence-corrected chi connectivity index (χ2v) is 9.91. The van der Waals surface area contributed by atoms with Crippen LogP contribution < -0.4 is 20.9 Å². The molecule has 4 rings (SSSR count). The van der Waals surface area contributed by atoms with Gasteiger partial charge in [-0.25, -0.2) is 32.5 Å². The Balaban J connectivity index is 1.41. The zero-order valence-corrected chi connectivity index (χ0v) is 23.6. The molecule has 1 saturated heterocycles. The van der Waals surface area contributed by atoms with E-state index in [2.05, 4.69) is 22.0 Å². The highest BCUT2D eigenvalue weighted by Crippen LogP contribution is 2.35. The Bertz CT molecular complexity index is 1450. The van der Waals surface area contributed by atoms with E-state index < -0.39 is 41.5 Å². The standard InChI is InChI=1S/C29H31F3N6O5/c1-42-16-23-25(27(39)43-2)26(17-4-6-21(31)22(32)13-17)38(29(41)36-23)28(40)35-10-9-34-20-7-11-37(12-8-20)24-14-19(30)5-3-18(24)15-33/h3-6,13-14,20,26,34H,7-12,16H2,1-2H3,(H,35,40)(H,36,41)/t26-/m0/s1. The monoisotopic (exact) mass is 600 g/mol. The lowest BCUT2D eigenvalue weighted by atomic mass is 9.93. The number of methoxy groups -OCH3 is 2. The van der Waals surface area contributed by atoms with E-state index in [0.29, 0.717) is 48.6 Å². The third-order valence-electron chi connectivity index (χ3n) is 7.26.